The van der Waals surface area contributed by atoms with Crippen molar-refractivity contribution in [2.24, 2.45) is 17.2 Å². The molecule has 0 rings (SSSR count). The molecule has 0 spiro atoms. The molecule has 2 atom stereocenters. The highest BCUT2D eigenvalue weighted by molar-refractivity contribution is 5.95. The van der Waals surface area contributed by atoms with Crippen molar-refractivity contribution in [2.75, 3.05) is 13.1 Å². The normalized spacial score (nSPS) is 12.3. The molecule has 0 aliphatic carbocycles. The van der Waals surface area contributed by atoms with Gasteiger partial charge in [0.1, 0.15) is 18.6 Å². The van der Waals surface area contributed by atoms with E-state index in [0.29, 0.717) is 0 Å². The second kappa shape index (κ2) is 11.4. The minimum atomic E-state index is -1.40. The molecule has 5 amide bonds. The Morgan fingerprint density at radius 3 is 1.96 bits per heavy atom. The van der Waals surface area contributed by atoms with E-state index in [1.165, 1.54) is 0 Å². The SMILES string of the molecule is NCC(=O)NC(CC(N)=O)C(=O)NC(CCC(N)=O)C(=O)NCC(=O)O. The van der Waals surface area contributed by atoms with Crippen molar-refractivity contribution in [2.45, 2.75) is 31.3 Å². The largest absolute Gasteiger partial charge is 0.480 e. The molecule has 0 saturated carbocycles. The third-order valence-electron chi connectivity index (χ3n) is 2.97. The lowest BCUT2D eigenvalue weighted by molar-refractivity contribution is -0.139. The summed E-state index contributed by atoms with van der Waals surface area (Å²) >= 11 is 0. The van der Waals surface area contributed by atoms with Crippen LogP contribution in [0.3, 0.4) is 0 Å². The standard InChI is InChI=1S/C13H22N6O7/c14-4-10(22)18-7(3-9(16)21)13(26)19-6(1-2-8(15)20)12(25)17-5-11(23)24/h6-7H,1-5,14H2,(H2,15,20)(H2,16,21)(H,17,25)(H,18,22)(H,19,26)(H,23,24). The first kappa shape index (κ1) is 22.8. The second-order valence-corrected chi connectivity index (χ2v) is 5.17. The summed E-state index contributed by atoms with van der Waals surface area (Å²) in [5.41, 5.74) is 15.1. The van der Waals surface area contributed by atoms with Crippen LogP contribution in [0.1, 0.15) is 19.3 Å². The Morgan fingerprint density at radius 1 is 0.885 bits per heavy atom. The Morgan fingerprint density at radius 2 is 1.50 bits per heavy atom. The Hall–Kier alpha value is -3.22. The van der Waals surface area contributed by atoms with Gasteiger partial charge >= 0.3 is 5.97 Å². The highest BCUT2D eigenvalue weighted by atomic mass is 16.4. The van der Waals surface area contributed by atoms with Crippen molar-refractivity contribution in [3.63, 3.8) is 0 Å². The topological polar surface area (TPSA) is 237 Å². The first-order chi connectivity index (χ1) is 12.1. The summed E-state index contributed by atoms with van der Waals surface area (Å²) in [7, 11) is 0. The van der Waals surface area contributed by atoms with Gasteiger partial charge in [-0.2, -0.15) is 0 Å². The second-order valence-electron chi connectivity index (χ2n) is 5.17. The van der Waals surface area contributed by atoms with Crippen LogP contribution in [0.5, 0.6) is 0 Å². The summed E-state index contributed by atoms with van der Waals surface area (Å²) in [5, 5.41) is 15.0. The fourth-order valence-corrected chi connectivity index (χ4v) is 1.78. The maximum absolute atomic E-state index is 12.2. The zero-order valence-electron chi connectivity index (χ0n) is 13.8. The van der Waals surface area contributed by atoms with Gasteiger partial charge in [-0.1, -0.05) is 0 Å². The van der Waals surface area contributed by atoms with Gasteiger partial charge in [-0.05, 0) is 6.42 Å². The predicted molar refractivity (Wildman–Crippen MR) is 85.8 cm³/mol. The van der Waals surface area contributed by atoms with E-state index in [2.05, 4.69) is 10.6 Å². The average molecular weight is 374 g/mol. The first-order valence-corrected chi connectivity index (χ1v) is 7.42. The molecule has 13 heteroatoms. The molecule has 2 unspecified atom stereocenters. The molecule has 0 bridgehead atoms. The van der Waals surface area contributed by atoms with Crippen molar-refractivity contribution in [3.05, 3.63) is 0 Å². The van der Waals surface area contributed by atoms with Gasteiger partial charge in [0.2, 0.25) is 29.5 Å². The zero-order chi connectivity index (χ0) is 20.3. The van der Waals surface area contributed by atoms with Crippen molar-refractivity contribution in [1.82, 2.24) is 16.0 Å². The molecule has 0 saturated heterocycles. The molecule has 0 aliphatic heterocycles. The average Bonchev–Trinajstić information content (AvgIpc) is 2.54. The zero-order valence-corrected chi connectivity index (χ0v) is 13.8. The van der Waals surface area contributed by atoms with Crippen molar-refractivity contribution < 1.29 is 33.9 Å². The highest BCUT2D eigenvalue weighted by Gasteiger charge is 2.28. The van der Waals surface area contributed by atoms with E-state index in [0.717, 1.165) is 0 Å². The van der Waals surface area contributed by atoms with Crippen LogP contribution in [0.2, 0.25) is 0 Å². The smallest absolute Gasteiger partial charge is 0.322 e. The summed E-state index contributed by atoms with van der Waals surface area (Å²) in [4.78, 5) is 68.0. The van der Waals surface area contributed by atoms with E-state index in [4.69, 9.17) is 22.3 Å². The van der Waals surface area contributed by atoms with Crippen LogP contribution in [0.25, 0.3) is 0 Å². The van der Waals surface area contributed by atoms with Crippen LogP contribution < -0.4 is 33.2 Å². The molecule has 0 aromatic carbocycles. The number of carbonyl (C=O) groups is 6. The number of carbonyl (C=O) groups excluding carboxylic acids is 5. The monoisotopic (exact) mass is 374 g/mol. The Kier molecular flexibility index (Phi) is 9.95. The molecule has 0 fully saturated rings. The van der Waals surface area contributed by atoms with E-state index < -0.39 is 67.1 Å². The molecule has 0 aromatic heterocycles. The fourth-order valence-electron chi connectivity index (χ4n) is 1.78. The lowest BCUT2D eigenvalue weighted by Crippen LogP contribution is -2.55. The minimum Gasteiger partial charge on any atom is -0.480 e. The number of hydrogen-bond acceptors (Lipinski definition) is 7. The van der Waals surface area contributed by atoms with Gasteiger partial charge in [0, 0.05) is 6.42 Å². The molecule has 0 heterocycles. The van der Waals surface area contributed by atoms with Crippen LogP contribution in [0.15, 0.2) is 0 Å². The Labute approximate surface area is 148 Å². The number of carboxylic acids is 1. The fraction of sp³-hybridized carbons (Fsp3) is 0.538. The van der Waals surface area contributed by atoms with Gasteiger partial charge in [-0.3, -0.25) is 28.8 Å². The highest BCUT2D eigenvalue weighted by Crippen LogP contribution is 2.01. The lowest BCUT2D eigenvalue weighted by atomic mass is 10.1. The summed E-state index contributed by atoms with van der Waals surface area (Å²) < 4.78 is 0. The van der Waals surface area contributed by atoms with E-state index in [9.17, 15) is 28.8 Å². The van der Waals surface area contributed by atoms with Gasteiger partial charge in [0.15, 0.2) is 0 Å². The van der Waals surface area contributed by atoms with Gasteiger partial charge < -0.3 is 38.3 Å². The first-order valence-electron chi connectivity index (χ1n) is 7.42. The number of carboxylic acid groups (broad SMARTS) is 1. The van der Waals surface area contributed by atoms with Gasteiger partial charge in [-0.25, -0.2) is 0 Å². The van der Waals surface area contributed by atoms with Crippen molar-refractivity contribution >= 4 is 35.5 Å². The van der Waals surface area contributed by atoms with E-state index in [1.807, 2.05) is 5.32 Å². The van der Waals surface area contributed by atoms with Crippen LogP contribution in [-0.4, -0.2) is 65.8 Å². The summed E-state index contributed by atoms with van der Waals surface area (Å²) in [5.74, 6) is -5.53. The number of primary amides is 2. The Bertz CT molecular complexity index is 579. The number of rotatable bonds is 12. The van der Waals surface area contributed by atoms with E-state index in [1.54, 1.807) is 0 Å². The number of amides is 5. The molecule has 26 heavy (non-hydrogen) atoms. The van der Waals surface area contributed by atoms with Crippen LogP contribution in [-0.2, 0) is 28.8 Å². The Balaban J connectivity index is 5.14. The summed E-state index contributed by atoms with van der Waals surface area (Å²) in [6.45, 7) is -1.16. The lowest BCUT2D eigenvalue weighted by Gasteiger charge is -2.22. The van der Waals surface area contributed by atoms with Gasteiger partial charge in [0.25, 0.3) is 0 Å². The number of nitrogens with one attached hydrogen (secondary N) is 3. The van der Waals surface area contributed by atoms with Crippen LogP contribution in [0, 0.1) is 0 Å². The van der Waals surface area contributed by atoms with Crippen LogP contribution in [0.4, 0.5) is 0 Å². The summed E-state index contributed by atoms with van der Waals surface area (Å²) in [6.07, 6.45) is -1.06. The third-order valence-corrected chi connectivity index (χ3v) is 2.97. The van der Waals surface area contributed by atoms with Crippen LogP contribution >= 0.6 is 0 Å². The predicted octanol–water partition coefficient (Wildman–Crippen LogP) is -4.74. The molecular weight excluding hydrogens is 352 g/mol. The molecule has 10 N–H and O–H groups in total. The molecular formula is C13H22N6O7. The third kappa shape index (κ3) is 9.82. The van der Waals surface area contributed by atoms with E-state index >= 15 is 0 Å². The van der Waals surface area contributed by atoms with E-state index in [-0.39, 0.29) is 12.8 Å². The molecule has 0 aromatic rings. The number of hydrogen-bond donors (Lipinski definition) is 7. The quantitative estimate of drug-likeness (QED) is 0.174. The maximum Gasteiger partial charge on any atom is 0.322 e. The molecule has 0 radical (unpaired) electrons. The maximum atomic E-state index is 12.2. The molecule has 13 nitrogen and oxygen atoms in total. The number of aliphatic carboxylic acids is 1. The minimum absolute atomic E-state index is 0.222. The van der Waals surface area contributed by atoms with Gasteiger partial charge in [-0.15, -0.1) is 0 Å². The van der Waals surface area contributed by atoms with Crippen molar-refractivity contribution in [1.29, 1.82) is 0 Å². The van der Waals surface area contributed by atoms with Crippen molar-refractivity contribution in [3.8, 4) is 0 Å². The van der Waals surface area contributed by atoms with Gasteiger partial charge in [0.05, 0.1) is 13.0 Å². The summed E-state index contributed by atoms with van der Waals surface area (Å²) in [6, 6.07) is -2.72. The number of nitrogens with two attached hydrogens (primary N) is 3. The molecule has 0 aliphatic rings. The molecule has 146 valence electrons.